The number of carbonyl (C=O) groups is 1. The Balaban J connectivity index is 1.82. The van der Waals surface area contributed by atoms with Gasteiger partial charge in [-0.15, -0.1) is 11.8 Å². The number of benzene rings is 1. The number of carbonyl (C=O) groups excluding carboxylic acids is 1. The van der Waals surface area contributed by atoms with Crippen molar-refractivity contribution >= 4 is 17.7 Å². The van der Waals surface area contributed by atoms with Crippen LogP contribution >= 0.6 is 11.8 Å². The lowest BCUT2D eigenvalue weighted by Gasteiger charge is -2.15. The van der Waals surface area contributed by atoms with Crippen LogP contribution in [0.4, 0.5) is 4.39 Å². The van der Waals surface area contributed by atoms with E-state index in [9.17, 15) is 9.18 Å². The van der Waals surface area contributed by atoms with E-state index in [0.29, 0.717) is 12.3 Å². The lowest BCUT2D eigenvalue weighted by atomic mass is 10.4. The molecule has 1 aromatic heterocycles. The summed E-state index contributed by atoms with van der Waals surface area (Å²) in [4.78, 5) is 21.4. The molecule has 6 heteroatoms. The standard InChI is InChI=1S/C13H14FN3OS/c1-17(8-12-15-6-7-16-12)13(18)9-19-11-4-2-10(14)3-5-11/h2-7H,8-9H2,1H3,(H,15,16). The highest BCUT2D eigenvalue weighted by atomic mass is 32.2. The quantitative estimate of drug-likeness (QED) is 0.854. The Bertz CT molecular complexity index is 527. The van der Waals surface area contributed by atoms with Crippen LogP contribution in [0.5, 0.6) is 0 Å². The Morgan fingerprint density at radius 1 is 1.42 bits per heavy atom. The second-order valence-electron chi connectivity index (χ2n) is 4.03. The van der Waals surface area contributed by atoms with Crippen molar-refractivity contribution in [3.05, 3.63) is 48.3 Å². The van der Waals surface area contributed by atoms with Gasteiger partial charge in [0.25, 0.3) is 0 Å². The van der Waals surface area contributed by atoms with Gasteiger partial charge in [-0.3, -0.25) is 4.79 Å². The molecule has 0 aliphatic rings. The summed E-state index contributed by atoms with van der Waals surface area (Å²) in [5.74, 6) is 0.807. The molecule has 100 valence electrons. The van der Waals surface area contributed by atoms with Gasteiger partial charge in [0.05, 0.1) is 12.3 Å². The van der Waals surface area contributed by atoms with Crippen LogP contribution in [0.2, 0.25) is 0 Å². The van der Waals surface area contributed by atoms with Crippen molar-refractivity contribution in [2.24, 2.45) is 0 Å². The minimum absolute atomic E-state index is 0.00530. The zero-order valence-electron chi connectivity index (χ0n) is 10.5. The van der Waals surface area contributed by atoms with E-state index in [-0.39, 0.29) is 11.7 Å². The summed E-state index contributed by atoms with van der Waals surface area (Å²) in [6.07, 6.45) is 3.38. The Hall–Kier alpha value is -1.82. The number of hydrogen-bond donors (Lipinski definition) is 1. The number of hydrogen-bond acceptors (Lipinski definition) is 3. The van der Waals surface area contributed by atoms with Crippen LogP contribution in [0.25, 0.3) is 0 Å². The molecule has 0 bridgehead atoms. The number of halogens is 1. The Kier molecular flexibility index (Phi) is 4.57. The van der Waals surface area contributed by atoms with Gasteiger partial charge in [0, 0.05) is 24.3 Å². The third-order valence-corrected chi connectivity index (χ3v) is 3.54. The second-order valence-corrected chi connectivity index (χ2v) is 5.08. The Morgan fingerprint density at radius 3 is 2.79 bits per heavy atom. The molecule has 1 N–H and O–H groups in total. The van der Waals surface area contributed by atoms with Crippen LogP contribution < -0.4 is 0 Å². The molecule has 1 heterocycles. The first-order valence-corrected chi connectivity index (χ1v) is 6.74. The third kappa shape index (κ3) is 4.10. The van der Waals surface area contributed by atoms with Crippen molar-refractivity contribution in [1.29, 1.82) is 0 Å². The third-order valence-electron chi connectivity index (χ3n) is 2.54. The van der Waals surface area contributed by atoms with Gasteiger partial charge in [0.1, 0.15) is 11.6 Å². The molecular formula is C13H14FN3OS. The number of aromatic nitrogens is 2. The van der Waals surface area contributed by atoms with Crippen molar-refractivity contribution in [3.8, 4) is 0 Å². The van der Waals surface area contributed by atoms with E-state index in [1.807, 2.05) is 0 Å². The van der Waals surface area contributed by atoms with Crippen LogP contribution in [-0.2, 0) is 11.3 Å². The molecular weight excluding hydrogens is 265 g/mol. The molecule has 0 radical (unpaired) electrons. The molecule has 0 aliphatic heterocycles. The normalized spacial score (nSPS) is 10.4. The number of aromatic amines is 1. The van der Waals surface area contributed by atoms with Gasteiger partial charge in [-0.1, -0.05) is 0 Å². The van der Waals surface area contributed by atoms with E-state index in [4.69, 9.17) is 0 Å². The topological polar surface area (TPSA) is 49.0 Å². The van der Waals surface area contributed by atoms with Gasteiger partial charge in [0.2, 0.25) is 5.91 Å². The summed E-state index contributed by atoms with van der Waals surface area (Å²) in [6, 6.07) is 6.11. The van der Waals surface area contributed by atoms with Crippen LogP contribution in [0, 0.1) is 5.82 Å². The number of nitrogens with one attached hydrogen (secondary N) is 1. The summed E-state index contributed by atoms with van der Waals surface area (Å²) in [5.41, 5.74) is 0. The number of thioether (sulfide) groups is 1. The number of imidazole rings is 1. The zero-order chi connectivity index (χ0) is 13.7. The molecule has 2 rings (SSSR count). The van der Waals surface area contributed by atoms with Crippen molar-refractivity contribution in [1.82, 2.24) is 14.9 Å². The molecule has 2 aromatic rings. The van der Waals surface area contributed by atoms with E-state index in [1.165, 1.54) is 23.9 Å². The second kappa shape index (κ2) is 6.38. The lowest BCUT2D eigenvalue weighted by molar-refractivity contribution is -0.127. The fourth-order valence-electron chi connectivity index (χ4n) is 1.48. The van der Waals surface area contributed by atoms with Crippen LogP contribution in [0.3, 0.4) is 0 Å². The van der Waals surface area contributed by atoms with E-state index < -0.39 is 0 Å². The number of amides is 1. The SMILES string of the molecule is CN(Cc1ncc[nH]1)C(=O)CSc1ccc(F)cc1. The maximum absolute atomic E-state index is 12.7. The molecule has 1 amide bonds. The highest BCUT2D eigenvalue weighted by Gasteiger charge is 2.10. The molecule has 0 unspecified atom stereocenters. The molecule has 4 nitrogen and oxygen atoms in total. The molecule has 0 spiro atoms. The van der Waals surface area contributed by atoms with Crippen molar-refractivity contribution in [2.75, 3.05) is 12.8 Å². The summed E-state index contributed by atoms with van der Waals surface area (Å²) in [7, 11) is 1.73. The average Bonchev–Trinajstić information content (AvgIpc) is 2.90. The fraction of sp³-hybridized carbons (Fsp3) is 0.231. The molecule has 0 saturated heterocycles. The fourth-order valence-corrected chi connectivity index (χ4v) is 2.32. The molecule has 0 atom stereocenters. The predicted octanol–water partition coefficient (Wildman–Crippen LogP) is 2.30. The first kappa shape index (κ1) is 13.6. The first-order valence-electron chi connectivity index (χ1n) is 5.76. The number of H-pyrrole nitrogens is 1. The van der Waals surface area contributed by atoms with Gasteiger partial charge in [-0.05, 0) is 24.3 Å². The van der Waals surface area contributed by atoms with E-state index in [1.54, 1.807) is 36.5 Å². The van der Waals surface area contributed by atoms with Gasteiger partial charge in [-0.25, -0.2) is 9.37 Å². The first-order chi connectivity index (χ1) is 9.15. The minimum Gasteiger partial charge on any atom is -0.347 e. The maximum atomic E-state index is 12.7. The van der Waals surface area contributed by atoms with Crippen molar-refractivity contribution in [3.63, 3.8) is 0 Å². The Morgan fingerprint density at radius 2 is 2.16 bits per heavy atom. The van der Waals surface area contributed by atoms with Gasteiger partial charge in [0.15, 0.2) is 0 Å². The monoisotopic (exact) mass is 279 g/mol. The van der Waals surface area contributed by atoms with E-state index in [2.05, 4.69) is 9.97 Å². The van der Waals surface area contributed by atoms with Gasteiger partial charge in [-0.2, -0.15) is 0 Å². The summed E-state index contributed by atoms with van der Waals surface area (Å²) in [5, 5.41) is 0. The maximum Gasteiger partial charge on any atom is 0.233 e. The van der Waals surface area contributed by atoms with Crippen molar-refractivity contribution < 1.29 is 9.18 Å². The van der Waals surface area contributed by atoms with Crippen LogP contribution in [0.1, 0.15) is 5.82 Å². The van der Waals surface area contributed by atoms with Gasteiger partial charge < -0.3 is 9.88 Å². The molecule has 1 aromatic carbocycles. The number of rotatable bonds is 5. The summed E-state index contributed by atoms with van der Waals surface area (Å²) in [6.45, 7) is 0.454. The minimum atomic E-state index is -0.273. The van der Waals surface area contributed by atoms with E-state index in [0.717, 1.165) is 10.7 Å². The molecule has 0 aliphatic carbocycles. The van der Waals surface area contributed by atoms with Gasteiger partial charge >= 0.3 is 0 Å². The lowest BCUT2D eigenvalue weighted by Crippen LogP contribution is -2.28. The van der Waals surface area contributed by atoms with Crippen molar-refractivity contribution in [2.45, 2.75) is 11.4 Å². The average molecular weight is 279 g/mol. The highest BCUT2D eigenvalue weighted by molar-refractivity contribution is 8.00. The highest BCUT2D eigenvalue weighted by Crippen LogP contribution is 2.18. The largest absolute Gasteiger partial charge is 0.347 e. The Labute approximate surface area is 115 Å². The molecule has 0 fully saturated rings. The van der Waals surface area contributed by atoms with Crippen LogP contribution in [0.15, 0.2) is 41.6 Å². The number of nitrogens with zero attached hydrogens (tertiary/aromatic N) is 2. The summed E-state index contributed by atoms with van der Waals surface area (Å²) < 4.78 is 12.7. The molecule has 0 saturated carbocycles. The zero-order valence-corrected chi connectivity index (χ0v) is 11.3. The van der Waals surface area contributed by atoms with E-state index >= 15 is 0 Å². The summed E-state index contributed by atoms with van der Waals surface area (Å²) >= 11 is 1.39. The van der Waals surface area contributed by atoms with Crippen LogP contribution in [-0.4, -0.2) is 33.6 Å². The smallest absolute Gasteiger partial charge is 0.233 e. The molecule has 19 heavy (non-hydrogen) atoms. The predicted molar refractivity (Wildman–Crippen MR) is 72.2 cm³/mol.